The molecule has 0 radical (unpaired) electrons. The number of benzene rings is 2. The van der Waals surface area contributed by atoms with Gasteiger partial charge in [-0.3, -0.25) is 0 Å². The molecule has 0 fully saturated rings. The van der Waals surface area contributed by atoms with Gasteiger partial charge in [0.2, 0.25) is 0 Å². The highest BCUT2D eigenvalue weighted by molar-refractivity contribution is 9.10. The van der Waals surface area contributed by atoms with Crippen molar-refractivity contribution in [1.82, 2.24) is 5.32 Å². The van der Waals surface area contributed by atoms with Gasteiger partial charge in [0.25, 0.3) is 0 Å². The summed E-state index contributed by atoms with van der Waals surface area (Å²) >= 11 is 5.26. The Kier molecular flexibility index (Phi) is 4.87. The van der Waals surface area contributed by atoms with Crippen LogP contribution in [0.5, 0.6) is 0 Å². The van der Waals surface area contributed by atoms with Gasteiger partial charge in [0.15, 0.2) is 0 Å². The van der Waals surface area contributed by atoms with Crippen LogP contribution < -0.4 is 5.32 Å². The van der Waals surface area contributed by atoms with Crippen LogP contribution >= 0.6 is 27.7 Å². The Labute approximate surface area is 121 Å². The van der Waals surface area contributed by atoms with Gasteiger partial charge in [-0.2, -0.15) is 0 Å². The van der Waals surface area contributed by atoms with E-state index < -0.39 is 0 Å². The summed E-state index contributed by atoms with van der Waals surface area (Å²) in [5.41, 5.74) is 2.66. The van der Waals surface area contributed by atoms with E-state index in [9.17, 15) is 0 Å². The van der Waals surface area contributed by atoms with Crippen LogP contribution in [0.1, 0.15) is 11.1 Å². The second kappa shape index (κ2) is 6.41. The van der Waals surface area contributed by atoms with Crippen LogP contribution in [0.2, 0.25) is 0 Å². The first-order chi connectivity index (χ1) is 8.69. The molecule has 0 aliphatic heterocycles. The zero-order valence-electron chi connectivity index (χ0n) is 10.5. The van der Waals surface area contributed by atoms with Crippen molar-refractivity contribution in [1.29, 1.82) is 0 Å². The molecular weight excluding hydrogens is 306 g/mol. The van der Waals surface area contributed by atoms with Crippen molar-refractivity contribution in [2.45, 2.75) is 23.3 Å². The molecule has 18 heavy (non-hydrogen) atoms. The topological polar surface area (TPSA) is 12.0 Å². The highest BCUT2D eigenvalue weighted by atomic mass is 79.9. The van der Waals surface area contributed by atoms with E-state index in [1.807, 2.05) is 18.8 Å². The minimum atomic E-state index is 0.921. The molecule has 0 spiro atoms. The van der Waals surface area contributed by atoms with E-state index in [-0.39, 0.29) is 0 Å². The fourth-order valence-corrected chi connectivity index (χ4v) is 2.92. The van der Waals surface area contributed by atoms with Crippen molar-refractivity contribution in [3.8, 4) is 0 Å². The summed E-state index contributed by atoms with van der Waals surface area (Å²) < 4.78 is 1.12. The maximum absolute atomic E-state index is 3.46. The van der Waals surface area contributed by atoms with Crippen molar-refractivity contribution in [2.75, 3.05) is 7.05 Å². The summed E-state index contributed by atoms with van der Waals surface area (Å²) in [7, 11) is 1.97. The molecule has 1 N–H and O–H groups in total. The average Bonchev–Trinajstić information content (AvgIpc) is 2.36. The molecule has 2 aromatic rings. The molecule has 94 valence electrons. The molecule has 0 saturated carbocycles. The first-order valence-electron chi connectivity index (χ1n) is 5.86. The highest BCUT2D eigenvalue weighted by Crippen LogP contribution is 2.31. The van der Waals surface area contributed by atoms with E-state index in [1.165, 1.54) is 20.9 Å². The largest absolute Gasteiger partial charge is 0.316 e. The van der Waals surface area contributed by atoms with Gasteiger partial charge in [0.05, 0.1) is 0 Å². The summed E-state index contributed by atoms with van der Waals surface area (Å²) in [6.07, 6.45) is 0. The maximum Gasteiger partial charge on any atom is 0.0202 e. The van der Waals surface area contributed by atoms with E-state index in [2.05, 4.69) is 70.6 Å². The molecule has 3 heteroatoms. The Bertz CT molecular complexity index is 523. The maximum atomic E-state index is 3.46. The standard InChI is InChI=1S/C15H16BrNS/c1-11-9-12(10-17-2)3-8-15(11)18-14-6-4-13(16)5-7-14/h3-9,17H,10H2,1-2H3. The summed E-state index contributed by atoms with van der Waals surface area (Å²) in [5, 5.41) is 3.17. The predicted molar refractivity (Wildman–Crippen MR) is 82.2 cm³/mol. The number of rotatable bonds is 4. The Morgan fingerprint density at radius 3 is 2.44 bits per heavy atom. The Morgan fingerprint density at radius 1 is 1.11 bits per heavy atom. The van der Waals surface area contributed by atoms with E-state index in [0.717, 1.165) is 11.0 Å². The Hall–Kier alpha value is -0.770. The molecule has 0 bridgehead atoms. The van der Waals surface area contributed by atoms with Crippen LogP contribution in [0.4, 0.5) is 0 Å². The molecule has 2 aromatic carbocycles. The summed E-state index contributed by atoms with van der Waals surface area (Å²) in [6.45, 7) is 3.09. The van der Waals surface area contributed by atoms with E-state index in [4.69, 9.17) is 0 Å². The minimum absolute atomic E-state index is 0.921. The SMILES string of the molecule is CNCc1ccc(Sc2ccc(Br)cc2)c(C)c1. The first kappa shape index (κ1) is 13.7. The zero-order chi connectivity index (χ0) is 13.0. The number of aryl methyl sites for hydroxylation is 1. The van der Waals surface area contributed by atoms with Gasteiger partial charge in [0, 0.05) is 20.8 Å². The molecule has 0 heterocycles. The molecule has 2 rings (SSSR count). The van der Waals surface area contributed by atoms with Crippen LogP contribution in [0.3, 0.4) is 0 Å². The van der Waals surface area contributed by atoms with Crippen molar-refractivity contribution < 1.29 is 0 Å². The van der Waals surface area contributed by atoms with Crippen LogP contribution in [-0.2, 0) is 6.54 Å². The summed E-state index contributed by atoms with van der Waals surface area (Å²) in [6, 6.07) is 15.1. The molecule has 0 aromatic heterocycles. The van der Waals surface area contributed by atoms with Crippen LogP contribution in [0.25, 0.3) is 0 Å². The van der Waals surface area contributed by atoms with Gasteiger partial charge >= 0.3 is 0 Å². The lowest BCUT2D eigenvalue weighted by Gasteiger charge is -2.08. The highest BCUT2D eigenvalue weighted by Gasteiger charge is 2.02. The van der Waals surface area contributed by atoms with E-state index >= 15 is 0 Å². The average molecular weight is 322 g/mol. The van der Waals surface area contributed by atoms with Gasteiger partial charge in [-0.15, -0.1) is 0 Å². The lowest BCUT2D eigenvalue weighted by atomic mass is 10.1. The Balaban J connectivity index is 2.16. The quantitative estimate of drug-likeness (QED) is 0.881. The first-order valence-corrected chi connectivity index (χ1v) is 7.47. The van der Waals surface area contributed by atoms with Crippen molar-refractivity contribution in [3.63, 3.8) is 0 Å². The third kappa shape index (κ3) is 3.61. The lowest BCUT2D eigenvalue weighted by molar-refractivity contribution is 0.815. The van der Waals surface area contributed by atoms with Crippen molar-refractivity contribution in [2.24, 2.45) is 0 Å². The molecule has 0 aliphatic rings. The van der Waals surface area contributed by atoms with Crippen LogP contribution in [0.15, 0.2) is 56.7 Å². The molecular formula is C15H16BrNS. The van der Waals surface area contributed by atoms with Gasteiger partial charge in [0.1, 0.15) is 0 Å². The van der Waals surface area contributed by atoms with Gasteiger partial charge in [-0.25, -0.2) is 0 Å². The number of nitrogens with one attached hydrogen (secondary N) is 1. The summed E-state index contributed by atoms with van der Waals surface area (Å²) in [4.78, 5) is 2.58. The molecule has 0 saturated heterocycles. The molecule has 0 amide bonds. The fourth-order valence-electron chi connectivity index (χ4n) is 1.77. The normalized spacial score (nSPS) is 10.6. The lowest BCUT2D eigenvalue weighted by Crippen LogP contribution is -2.05. The van der Waals surface area contributed by atoms with Crippen LogP contribution in [-0.4, -0.2) is 7.05 Å². The number of hydrogen-bond donors (Lipinski definition) is 1. The van der Waals surface area contributed by atoms with E-state index in [1.54, 1.807) is 0 Å². The fraction of sp³-hybridized carbons (Fsp3) is 0.200. The summed E-state index contributed by atoms with van der Waals surface area (Å²) in [5.74, 6) is 0. The van der Waals surface area contributed by atoms with Crippen LogP contribution in [0, 0.1) is 6.92 Å². The van der Waals surface area contributed by atoms with Gasteiger partial charge < -0.3 is 5.32 Å². The van der Waals surface area contributed by atoms with Gasteiger partial charge in [-0.05, 0) is 55.4 Å². The van der Waals surface area contributed by atoms with E-state index in [0.29, 0.717) is 0 Å². The minimum Gasteiger partial charge on any atom is -0.316 e. The molecule has 0 unspecified atom stereocenters. The second-order valence-electron chi connectivity index (χ2n) is 4.19. The second-order valence-corrected chi connectivity index (χ2v) is 6.22. The predicted octanol–water partition coefficient (Wildman–Crippen LogP) is 4.63. The third-order valence-corrected chi connectivity index (χ3v) is 4.38. The molecule has 0 atom stereocenters. The Morgan fingerprint density at radius 2 is 1.83 bits per heavy atom. The number of halogens is 1. The molecule has 1 nitrogen and oxygen atoms in total. The third-order valence-electron chi connectivity index (χ3n) is 2.66. The number of hydrogen-bond acceptors (Lipinski definition) is 2. The van der Waals surface area contributed by atoms with Crippen molar-refractivity contribution >= 4 is 27.7 Å². The molecule has 0 aliphatic carbocycles. The monoisotopic (exact) mass is 321 g/mol. The zero-order valence-corrected chi connectivity index (χ0v) is 12.9. The van der Waals surface area contributed by atoms with Gasteiger partial charge in [-0.1, -0.05) is 39.8 Å². The van der Waals surface area contributed by atoms with Crippen molar-refractivity contribution in [3.05, 3.63) is 58.1 Å². The smallest absolute Gasteiger partial charge is 0.0202 e.